The van der Waals surface area contributed by atoms with Crippen LogP contribution in [-0.2, 0) is 10.3 Å². The molecule has 1 aliphatic rings. The first-order chi connectivity index (χ1) is 9.55. The van der Waals surface area contributed by atoms with Gasteiger partial charge in [0.15, 0.2) is 0 Å². The fourth-order valence-electron chi connectivity index (χ4n) is 2.84. The number of hydrogen-bond donors (Lipinski definition) is 1. The van der Waals surface area contributed by atoms with E-state index in [0.717, 1.165) is 22.9 Å². The minimum absolute atomic E-state index is 0.239. The van der Waals surface area contributed by atoms with Crippen LogP contribution in [0.15, 0.2) is 16.6 Å². The van der Waals surface area contributed by atoms with Gasteiger partial charge in [0, 0.05) is 12.7 Å². The quantitative estimate of drug-likeness (QED) is 0.910. The van der Waals surface area contributed by atoms with Gasteiger partial charge >= 0.3 is 0 Å². The molecule has 0 heterocycles. The smallest absolute Gasteiger partial charge is 0.142 e. The van der Waals surface area contributed by atoms with Crippen LogP contribution in [0.4, 0.5) is 0 Å². The van der Waals surface area contributed by atoms with Crippen molar-refractivity contribution in [1.82, 2.24) is 0 Å². The van der Waals surface area contributed by atoms with Gasteiger partial charge in [-0.25, -0.2) is 0 Å². The predicted octanol–water partition coefficient (Wildman–Crippen LogP) is 3.24. The van der Waals surface area contributed by atoms with Crippen LogP contribution >= 0.6 is 15.9 Å². The predicted molar refractivity (Wildman–Crippen MR) is 80.4 cm³/mol. The van der Waals surface area contributed by atoms with Gasteiger partial charge < -0.3 is 19.3 Å². The summed E-state index contributed by atoms with van der Waals surface area (Å²) < 4.78 is 16.8. The molecule has 112 valence electrons. The molecule has 0 aromatic heterocycles. The molecule has 2 rings (SSSR count). The molecule has 20 heavy (non-hydrogen) atoms. The number of halogens is 1. The average molecular weight is 345 g/mol. The molecule has 0 amide bonds. The monoisotopic (exact) mass is 344 g/mol. The highest BCUT2D eigenvalue weighted by Crippen LogP contribution is 2.46. The molecule has 1 aromatic rings. The van der Waals surface area contributed by atoms with Crippen molar-refractivity contribution >= 4 is 15.9 Å². The molecule has 5 heteroatoms. The number of benzene rings is 1. The lowest BCUT2D eigenvalue weighted by molar-refractivity contribution is -0.0486. The highest BCUT2D eigenvalue weighted by molar-refractivity contribution is 9.10. The average Bonchev–Trinajstić information content (AvgIpc) is 2.47. The Morgan fingerprint density at radius 3 is 2.30 bits per heavy atom. The second-order valence-corrected chi connectivity index (χ2v) is 5.92. The third kappa shape index (κ3) is 2.80. The van der Waals surface area contributed by atoms with Crippen LogP contribution in [0.2, 0.25) is 0 Å². The standard InChI is InChI=1S/C15H21BrO4/c1-18-10-6-8-15(17,9-7-10)11-4-5-12(19-2)13(16)14(11)20-3/h4-5,10,17H,6-9H2,1-3H3. The highest BCUT2D eigenvalue weighted by atomic mass is 79.9. The molecular formula is C15H21BrO4. The van der Waals surface area contributed by atoms with Crippen LogP contribution in [0.3, 0.4) is 0 Å². The SMILES string of the molecule is COc1ccc(C2(O)CCC(OC)CC2)c(OC)c1Br. The second kappa shape index (κ2) is 6.33. The van der Waals surface area contributed by atoms with Gasteiger partial charge in [-0.3, -0.25) is 0 Å². The van der Waals surface area contributed by atoms with Crippen LogP contribution in [0.25, 0.3) is 0 Å². The Bertz CT molecular complexity index is 467. The lowest BCUT2D eigenvalue weighted by atomic mass is 9.78. The number of rotatable bonds is 4. The Labute approximate surface area is 128 Å². The Kier molecular flexibility index (Phi) is 4.94. The normalized spacial score (nSPS) is 26.4. The van der Waals surface area contributed by atoms with Gasteiger partial charge in [0.1, 0.15) is 16.0 Å². The zero-order valence-corrected chi connectivity index (χ0v) is 13.7. The maximum absolute atomic E-state index is 11.0. The fourth-order valence-corrected chi connectivity index (χ4v) is 3.51. The van der Waals surface area contributed by atoms with E-state index in [2.05, 4.69) is 15.9 Å². The van der Waals surface area contributed by atoms with E-state index >= 15 is 0 Å². The van der Waals surface area contributed by atoms with Gasteiger partial charge in [0.05, 0.1) is 25.9 Å². The lowest BCUT2D eigenvalue weighted by Crippen LogP contribution is -2.34. The van der Waals surface area contributed by atoms with Gasteiger partial charge in [-0.15, -0.1) is 0 Å². The molecule has 0 atom stereocenters. The molecule has 0 bridgehead atoms. The summed E-state index contributed by atoms with van der Waals surface area (Å²) >= 11 is 3.48. The van der Waals surface area contributed by atoms with Gasteiger partial charge in [0.25, 0.3) is 0 Å². The zero-order valence-electron chi connectivity index (χ0n) is 12.1. The molecule has 0 spiro atoms. The van der Waals surface area contributed by atoms with Crippen molar-refractivity contribution in [2.75, 3.05) is 21.3 Å². The first-order valence-electron chi connectivity index (χ1n) is 6.72. The van der Waals surface area contributed by atoms with Gasteiger partial charge in [0.2, 0.25) is 0 Å². The fraction of sp³-hybridized carbons (Fsp3) is 0.600. The Hall–Kier alpha value is -0.780. The summed E-state index contributed by atoms with van der Waals surface area (Å²) in [6, 6.07) is 3.73. The van der Waals surface area contributed by atoms with Crippen molar-refractivity contribution in [3.8, 4) is 11.5 Å². The molecule has 1 aromatic carbocycles. The van der Waals surface area contributed by atoms with Crippen molar-refractivity contribution in [3.63, 3.8) is 0 Å². The van der Waals surface area contributed by atoms with Crippen LogP contribution in [-0.4, -0.2) is 32.5 Å². The zero-order chi connectivity index (χ0) is 14.8. The second-order valence-electron chi connectivity index (χ2n) is 5.13. The van der Waals surface area contributed by atoms with Crippen molar-refractivity contribution in [2.45, 2.75) is 37.4 Å². The summed E-state index contributed by atoms with van der Waals surface area (Å²) in [5, 5.41) is 11.0. The Balaban J connectivity index is 2.35. The van der Waals surface area contributed by atoms with Crippen molar-refractivity contribution in [2.24, 2.45) is 0 Å². The third-order valence-corrected chi connectivity index (χ3v) is 4.83. The summed E-state index contributed by atoms with van der Waals surface area (Å²) in [7, 11) is 4.94. The van der Waals surface area contributed by atoms with Crippen LogP contribution in [0.1, 0.15) is 31.2 Å². The van der Waals surface area contributed by atoms with E-state index in [1.165, 1.54) is 0 Å². The molecule has 1 fully saturated rings. The molecule has 1 N–H and O–H groups in total. The van der Waals surface area contributed by atoms with Gasteiger partial charge in [-0.05, 0) is 53.7 Å². The van der Waals surface area contributed by atoms with Crippen LogP contribution < -0.4 is 9.47 Å². The largest absolute Gasteiger partial charge is 0.495 e. The summed E-state index contributed by atoms with van der Waals surface area (Å²) in [4.78, 5) is 0. The van der Waals surface area contributed by atoms with Crippen molar-refractivity contribution < 1.29 is 19.3 Å². The molecule has 0 aliphatic heterocycles. The maximum Gasteiger partial charge on any atom is 0.142 e. The molecular weight excluding hydrogens is 324 g/mol. The van der Waals surface area contributed by atoms with Crippen molar-refractivity contribution in [3.05, 3.63) is 22.2 Å². The molecule has 0 unspecified atom stereocenters. The minimum atomic E-state index is -0.866. The molecule has 0 saturated heterocycles. The van der Waals surface area contributed by atoms with E-state index in [-0.39, 0.29) is 6.10 Å². The van der Waals surface area contributed by atoms with E-state index in [1.54, 1.807) is 21.3 Å². The van der Waals surface area contributed by atoms with Gasteiger partial charge in [-0.2, -0.15) is 0 Å². The van der Waals surface area contributed by atoms with E-state index in [9.17, 15) is 5.11 Å². The van der Waals surface area contributed by atoms with E-state index in [4.69, 9.17) is 14.2 Å². The molecule has 1 saturated carbocycles. The maximum atomic E-state index is 11.0. The number of aliphatic hydroxyl groups is 1. The highest BCUT2D eigenvalue weighted by Gasteiger charge is 2.38. The third-order valence-electron chi connectivity index (χ3n) is 4.08. The summed E-state index contributed by atoms with van der Waals surface area (Å²) in [6.07, 6.45) is 3.27. The summed E-state index contributed by atoms with van der Waals surface area (Å²) in [6.45, 7) is 0. The topological polar surface area (TPSA) is 47.9 Å². The lowest BCUT2D eigenvalue weighted by Gasteiger charge is -2.36. The van der Waals surface area contributed by atoms with Crippen LogP contribution in [0.5, 0.6) is 11.5 Å². The first-order valence-corrected chi connectivity index (χ1v) is 7.51. The van der Waals surface area contributed by atoms with Crippen molar-refractivity contribution in [1.29, 1.82) is 0 Å². The summed E-state index contributed by atoms with van der Waals surface area (Å²) in [5.41, 5.74) is -0.0583. The molecule has 4 nitrogen and oxygen atoms in total. The Morgan fingerprint density at radius 1 is 1.15 bits per heavy atom. The summed E-state index contributed by atoms with van der Waals surface area (Å²) in [5.74, 6) is 1.34. The Morgan fingerprint density at radius 2 is 1.80 bits per heavy atom. The van der Waals surface area contributed by atoms with Gasteiger partial charge in [-0.1, -0.05) is 0 Å². The molecule has 1 aliphatic carbocycles. The van der Waals surface area contributed by atoms with E-state index in [0.29, 0.717) is 24.3 Å². The van der Waals surface area contributed by atoms with E-state index in [1.807, 2.05) is 12.1 Å². The minimum Gasteiger partial charge on any atom is -0.495 e. The number of hydrogen-bond acceptors (Lipinski definition) is 4. The number of methoxy groups -OCH3 is 3. The van der Waals surface area contributed by atoms with E-state index < -0.39 is 5.60 Å². The molecule has 0 radical (unpaired) electrons. The van der Waals surface area contributed by atoms with Crippen LogP contribution in [0, 0.1) is 0 Å². The number of ether oxygens (including phenoxy) is 3. The first kappa shape index (κ1) is 15.6.